The third kappa shape index (κ3) is 3.94. The summed E-state index contributed by atoms with van der Waals surface area (Å²) in [5.74, 6) is 0.954. The Bertz CT molecular complexity index is 561. The lowest BCUT2D eigenvalue weighted by atomic mass is 10.0. The van der Waals surface area contributed by atoms with Gasteiger partial charge < -0.3 is 10.2 Å². The molecule has 0 aliphatic rings. The molecule has 2 nitrogen and oxygen atoms in total. The van der Waals surface area contributed by atoms with Gasteiger partial charge in [0.05, 0.1) is 0 Å². The molecule has 2 aromatic rings. The van der Waals surface area contributed by atoms with Gasteiger partial charge in [0.2, 0.25) is 8.32 Å². The number of hydrogen-bond acceptors (Lipinski definition) is 2. The van der Waals surface area contributed by atoms with Crippen LogP contribution in [0, 0.1) is 0 Å². The third-order valence-corrected chi connectivity index (χ3v) is 3.60. The quantitative estimate of drug-likeness (QED) is 0.852. The average molecular weight is 271 g/mol. The zero-order chi connectivity index (χ0) is 13.9. The summed E-state index contributed by atoms with van der Waals surface area (Å²) in [5.41, 5.74) is 9.19. The van der Waals surface area contributed by atoms with Gasteiger partial charge in [-0.25, -0.2) is 0 Å². The SMILES string of the molecule is C[Si](C)(C)Oc1cccc(-c2cccc(CN)c2)c1. The molecule has 0 heterocycles. The second-order valence-electron chi connectivity index (χ2n) is 5.65. The monoisotopic (exact) mass is 271 g/mol. The highest BCUT2D eigenvalue weighted by Gasteiger charge is 2.16. The Morgan fingerprint density at radius 1 is 0.947 bits per heavy atom. The molecule has 2 aromatic carbocycles. The summed E-state index contributed by atoms with van der Waals surface area (Å²) in [5, 5.41) is 0. The van der Waals surface area contributed by atoms with E-state index < -0.39 is 8.32 Å². The first-order valence-electron chi connectivity index (χ1n) is 6.56. The van der Waals surface area contributed by atoms with Crippen molar-refractivity contribution in [1.82, 2.24) is 0 Å². The average Bonchev–Trinajstić information content (AvgIpc) is 2.37. The first-order valence-corrected chi connectivity index (χ1v) is 9.97. The van der Waals surface area contributed by atoms with Crippen LogP contribution in [0.1, 0.15) is 5.56 Å². The summed E-state index contributed by atoms with van der Waals surface area (Å²) in [6.45, 7) is 7.14. The predicted molar refractivity (Wildman–Crippen MR) is 83.7 cm³/mol. The van der Waals surface area contributed by atoms with E-state index in [9.17, 15) is 0 Å². The maximum absolute atomic E-state index is 6.03. The fourth-order valence-electron chi connectivity index (χ4n) is 1.97. The number of nitrogens with two attached hydrogens (primary N) is 1. The van der Waals surface area contributed by atoms with Crippen molar-refractivity contribution in [1.29, 1.82) is 0 Å². The Balaban J connectivity index is 2.32. The Kier molecular flexibility index (Phi) is 4.07. The number of hydrogen-bond donors (Lipinski definition) is 1. The zero-order valence-electron chi connectivity index (χ0n) is 11.8. The van der Waals surface area contributed by atoms with Gasteiger partial charge in [-0.3, -0.25) is 0 Å². The van der Waals surface area contributed by atoms with Gasteiger partial charge in [-0.15, -0.1) is 0 Å². The minimum Gasteiger partial charge on any atom is -0.544 e. The minimum atomic E-state index is -1.56. The van der Waals surface area contributed by atoms with Crippen molar-refractivity contribution in [2.75, 3.05) is 0 Å². The molecular weight excluding hydrogens is 250 g/mol. The highest BCUT2D eigenvalue weighted by atomic mass is 28.4. The van der Waals surface area contributed by atoms with Gasteiger partial charge in [0, 0.05) is 6.54 Å². The van der Waals surface area contributed by atoms with Crippen molar-refractivity contribution >= 4 is 8.32 Å². The van der Waals surface area contributed by atoms with Crippen LogP contribution < -0.4 is 10.2 Å². The standard InChI is InChI=1S/C16H21NOSi/c1-19(2,3)18-16-9-5-8-15(11-16)14-7-4-6-13(10-14)12-17/h4-11H,12,17H2,1-3H3. The molecule has 0 aliphatic carbocycles. The Morgan fingerprint density at radius 2 is 1.58 bits per heavy atom. The predicted octanol–water partition coefficient (Wildman–Crippen LogP) is 4.03. The second kappa shape index (κ2) is 5.59. The van der Waals surface area contributed by atoms with Crippen molar-refractivity contribution in [3.05, 3.63) is 54.1 Å². The molecule has 0 saturated carbocycles. The molecule has 2 rings (SSSR count). The van der Waals surface area contributed by atoms with Crippen LogP contribution >= 0.6 is 0 Å². The summed E-state index contributed by atoms with van der Waals surface area (Å²) in [6.07, 6.45) is 0. The molecule has 0 unspecified atom stereocenters. The lowest BCUT2D eigenvalue weighted by molar-refractivity contribution is 0.558. The van der Waals surface area contributed by atoms with E-state index in [4.69, 9.17) is 10.2 Å². The van der Waals surface area contributed by atoms with Crippen molar-refractivity contribution in [3.8, 4) is 16.9 Å². The first-order chi connectivity index (χ1) is 8.98. The van der Waals surface area contributed by atoms with Crippen LogP contribution in [0.5, 0.6) is 5.75 Å². The molecule has 19 heavy (non-hydrogen) atoms. The first kappa shape index (κ1) is 13.8. The van der Waals surface area contributed by atoms with Gasteiger partial charge in [-0.2, -0.15) is 0 Å². The van der Waals surface area contributed by atoms with E-state index in [0.717, 1.165) is 11.3 Å². The van der Waals surface area contributed by atoms with Gasteiger partial charge in [0.1, 0.15) is 5.75 Å². The summed E-state index contributed by atoms with van der Waals surface area (Å²) < 4.78 is 6.03. The second-order valence-corrected chi connectivity index (χ2v) is 10.1. The normalized spacial score (nSPS) is 11.4. The molecule has 0 fully saturated rings. The molecule has 0 atom stereocenters. The largest absolute Gasteiger partial charge is 0.544 e. The van der Waals surface area contributed by atoms with E-state index in [1.165, 1.54) is 11.1 Å². The van der Waals surface area contributed by atoms with Gasteiger partial charge in [-0.1, -0.05) is 30.3 Å². The molecule has 0 aromatic heterocycles. The summed E-state index contributed by atoms with van der Waals surface area (Å²) in [6, 6.07) is 16.6. The Hall–Kier alpha value is -1.58. The van der Waals surface area contributed by atoms with Crippen molar-refractivity contribution in [2.45, 2.75) is 26.2 Å². The van der Waals surface area contributed by atoms with Crippen LogP contribution in [0.4, 0.5) is 0 Å². The van der Waals surface area contributed by atoms with E-state index in [2.05, 4.69) is 43.9 Å². The maximum atomic E-state index is 6.03. The topological polar surface area (TPSA) is 35.2 Å². The zero-order valence-corrected chi connectivity index (χ0v) is 12.8. The molecule has 0 amide bonds. The summed E-state index contributed by atoms with van der Waals surface area (Å²) in [4.78, 5) is 0. The van der Waals surface area contributed by atoms with E-state index in [-0.39, 0.29) is 0 Å². The molecule has 0 bridgehead atoms. The van der Waals surface area contributed by atoms with Gasteiger partial charge in [-0.05, 0) is 54.5 Å². The lowest BCUT2D eigenvalue weighted by Crippen LogP contribution is -2.29. The van der Waals surface area contributed by atoms with Gasteiger partial charge in [0.25, 0.3) is 0 Å². The maximum Gasteiger partial charge on any atom is 0.242 e. The highest BCUT2D eigenvalue weighted by Crippen LogP contribution is 2.26. The molecule has 3 heteroatoms. The van der Waals surface area contributed by atoms with Crippen LogP contribution in [0.25, 0.3) is 11.1 Å². The van der Waals surface area contributed by atoms with E-state index in [1.807, 2.05) is 24.3 Å². The van der Waals surface area contributed by atoms with E-state index in [0.29, 0.717) is 6.54 Å². The Morgan fingerprint density at radius 3 is 2.21 bits per heavy atom. The molecule has 100 valence electrons. The van der Waals surface area contributed by atoms with Crippen molar-refractivity contribution in [2.24, 2.45) is 5.73 Å². The molecule has 0 saturated heterocycles. The number of rotatable bonds is 4. The fraction of sp³-hybridized carbons (Fsp3) is 0.250. The summed E-state index contributed by atoms with van der Waals surface area (Å²) >= 11 is 0. The smallest absolute Gasteiger partial charge is 0.242 e. The fourth-order valence-corrected chi connectivity index (χ4v) is 2.80. The molecule has 0 spiro atoms. The highest BCUT2D eigenvalue weighted by molar-refractivity contribution is 6.70. The van der Waals surface area contributed by atoms with E-state index >= 15 is 0 Å². The molecular formula is C16H21NOSi. The van der Waals surface area contributed by atoms with Crippen LogP contribution in [0.15, 0.2) is 48.5 Å². The van der Waals surface area contributed by atoms with Crippen LogP contribution in [-0.2, 0) is 6.54 Å². The van der Waals surface area contributed by atoms with E-state index in [1.54, 1.807) is 0 Å². The van der Waals surface area contributed by atoms with Gasteiger partial charge >= 0.3 is 0 Å². The molecule has 0 aliphatic heterocycles. The number of benzene rings is 2. The van der Waals surface area contributed by atoms with Crippen molar-refractivity contribution < 1.29 is 4.43 Å². The Labute approximate surface area is 116 Å². The van der Waals surface area contributed by atoms with Crippen LogP contribution in [0.2, 0.25) is 19.6 Å². The molecule has 0 radical (unpaired) electrons. The third-order valence-electron chi connectivity index (χ3n) is 2.75. The van der Waals surface area contributed by atoms with Crippen LogP contribution in [-0.4, -0.2) is 8.32 Å². The lowest BCUT2D eigenvalue weighted by Gasteiger charge is -2.19. The summed E-state index contributed by atoms with van der Waals surface area (Å²) in [7, 11) is -1.56. The van der Waals surface area contributed by atoms with Crippen molar-refractivity contribution in [3.63, 3.8) is 0 Å². The molecule has 2 N–H and O–H groups in total. The van der Waals surface area contributed by atoms with Gasteiger partial charge in [0.15, 0.2) is 0 Å². The van der Waals surface area contributed by atoms with Crippen LogP contribution in [0.3, 0.4) is 0 Å². The minimum absolute atomic E-state index is 0.568.